The first kappa shape index (κ1) is 14.6. The van der Waals surface area contributed by atoms with Gasteiger partial charge in [-0.25, -0.2) is 9.97 Å². The van der Waals surface area contributed by atoms with Crippen molar-refractivity contribution in [1.82, 2.24) is 9.97 Å². The molecule has 1 aliphatic rings. The molecule has 2 aromatic carbocycles. The van der Waals surface area contributed by atoms with Crippen molar-refractivity contribution in [2.24, 2.45) is 0 Å². The Kier molecular flexibility index (Phi) is 3.97. The number of rotatable bonds is 2. The molecule has 0 atom stereocenters. The molecule has 1 aliphatic heterocycles. The van der Waals surface area contributed by atoms with Crippen LogP contribution in [0.3, 0.4) is 0 Å². The molecule has 0 saturated carbocycles. The summed E-state index contributed by atoms with van der Waals surface area (Å²) in [6, 6.07) is 16.3. The molecule has 0 bridgehead atoms. The Hall–Kier alpha value is -1.98. The Morgan fingerprint density at radius 3 is 2.52 bits per heavy atom. The smallest absolute Gasteiger partial charge is 0.162 e. The van der Waals surface area contributed by atoms with Crippen LogP contribution < -0.4 is 4.90 Å². The summed E-state index contributed by atoms with van der Waals surface area (Å²) in [5.74, 6) is 1.75. The number of fused-ring (bicyclic) bond motifs is 1. The zero-order chi connectivity index (χ0) is 15.6. The third-order valence-corrected chi connectivity index (χ3v) is 4.47. The molecule has 23 heavy (non-hydrogen) atoms. The van der Waals surface area contributed by atoms with Crippen molar-refractivity contribution in [1.29, 1.82) is 0 Å². The third kappa shape index (κ3) is 2.94. The Labute approximate surface area is 143 Å². The first-order chi connectivity index (χ1) is 11.3. The molecule has 4 nitrogen and oxygen atoms in total. The monoisotopic (exact) mass is 369 g/mol. The third-order valence-electron chi connectivity index (χ3n) is 3.98. The van der Waals surface area contributed by atoms with E-state index >= 15 is 0 Å². The molecular weight excluding hydrogens is 354 g/mol. The number of morpholine rings is 1. The van der Waals surface area contributed by atoms with Crippen LogP contribution in [0.4, 0.5) is 5.82 Å². The van der Waals surface area contributed by atoms with Gasteiger partial charge in [0.2, 0.25) is 0 Å². The number of halogens is 1. The zero-order valence-electron chi connectivity index (χ0n) is 12.6. The molecule has 1 aromatic heterocycles. The number of nitrogens with zero attached hydrogens (tertiary/aromatic N) is 3. The standard InChI is InChI=1S/C18H16BrN3O/c19-14-6-7-16-15(12-14)18(22-8-10-23-11-9-22)21-17(20-16)13-4-2-1-3-5-13/h1-7,12H,8-11H2. The van der Waals surface area contributed by atoms with Gasteiger partial charge in [0.1, 0.15) is 5.82 Å². The minimum atomic E-state index is 0.736. The van der Waals surface area contributed by atoms with Crippen molar-refractivity contribution in [3.63, 3.8) is 0 Å². The summed E-state index contributed by atoms with van der Waals surface area (Å²) >= 11 is 3.56. The van der Waals surface area contributed by atoms with Crippen LogP contribution in [-0.4, -0.2) is 36.3 Å². The topological polar surface area (TPSA) is 38.2 Å². The predicted molar refractivity (Wildman–Crippen MR) is 95.7 cm³/mol. The molecule has 0 radical (unpaired) electrons. The second-order valence-electron chi connectivity index (χ2n) is 5.50. The summed E-state index contributed by atoms with van der Waals surface area (Å²) in [6.07, 6.45) is 0. The van der Waals surface area contributed by atoms with E-state index in [1.807, 2.05) is 42.5 Å². The molecule has 1 saturated heterocycles. The lowest BCUT2D eigenvalue weighted by Crippen LogP contribution is -2.37. The predicted octanol–water partition coefficient (Wildman–Crippen LogP) is 3.90. The molecule has 1 fully saturated rings. The van der Waals surface area contributed by atoms with Crippen LogP contribution in [0.5, 0.6) is 0 Å². The number of hydrogen-bond donors (Lipinski definition) is 0. The number of anilines is 1. The summed E-state index contributed by atoms with van der Waals surface area (Å²) in [5.41, 5.74) is 2.00. The van der Waals surface area contributed by atoms with E-state index in [2.05, 4.69) is 26.9 Å². The van der Waals surface area contributed by atoms with Crippen LogP contribution in [0, 0.1) is 0 Å². The fourth-order valence-electron chi connectivity index (χ4n) is 2.82. The highest BCUT2D eigenvalue weighted by Gasteiger charge is 2.18. The van der Waals surface area contributed by atoms with Gasteiger partial charge in [-0.3, -0.25) is 0 Å². The average molecular weight is 370 g/mol. The molecule has 3 aromatic rings. The normalized spacial score (nSPS) is 15.1. The van der Waals surface area contributed by atoms with Crippen molar-refractivity contribution in [3.05, 3.63) is 53.0 Å². The van der Waals surface area contributed by atoms with E-state index in [0.717, 1.165) is 58.9 Å². The van der Waals surface area contributed by atoms with E-state index in [1.165, 1.54) is 0 Å². The minimum absolute atomic E-state index is 0.736. The average Bonchev–Trinajstić information content (AvgIpc) is 2.62. The van der Waals surface area contributed by atoms with Crippen molar-refractivity contribution in [3.8, 4) is 11.4 Å². The maximum Gasteiger partial charge on any atom is 0.162 e. The van der Waals surface area contributed by atoms with Crippen molar-refractivity contribution in [2.45, 2.75) is 0 Å². The molecule has 4 rings (SSSR count). The van der Waals surface area contributed by atoms with Gasteiger partial charge in [-0.15, -0.1) is 0 Å². The van der Waals surface area contributed by atoms with Gasteiger partial charge in [0, 0.05) is 28.5 Å². The van der Waals surface area contributed by atoms with Crippen molar-refractivity contribution >= 4 is 32.7 Å². The molecule has 5 heteroatoms. The number of benzene rings is 2. The molecule has 0 spiro atoms. The van der Waals surface area contributed by atoms with E-state index in [9.17, 15) is 0 Å². The maximum atomic E-state index is 5.48. The summed E-state index contributed by atoms with van der Waals surface area (Å²) in [7, 11) is 0. The van der Waals surface area contributed by atoms with E-state index in [-0.39, 0.29) is 0 Å². The number of hydrogen-bond acceptors (Lipinski definition) is 4. The van der Waals surface area contributed by atoms with E-state index in [4.69, 9.17) is 14.7 Å². The lowest BCUT2D eigenvalue weighted by molar-refractivity contribution is 0.122. The number of ether oxygens (including phenoxy) is 1. The molecule has 0 N–H and O–H groups in total. The van der Waals surface area contributed by atoms with Crippen LogP contribution >= 0.6 is 15.9 Å². The molecular formula is C18H16BrN3O. The largest absolute Gasteiger partial charge is 0.378 e. The summed E-state index contributed by atoms with van der Waals surface area (Å²) in [4.78, 5) is 11.9. The van der Waals surface area contributed by atoms with Crippen molar-refractivity contribution < 1.29 is 4.74 Å². The maximum absolute atomic E-state index is 5.48. The Bertz CT molecular complexity index is 832. The summed E-state index contributed by atoms with van der Waals surface area (Å²) < 4.78 is 6.52. The fourth-order valence-corrected chi connectivity index (χ4v) is 3.18. The van der Waals surface area contributed by atoms with Gasteiger partial charge in [0.15, 0.2) is 5.82 Å². The van der Waals surface area contributed by atoms with Gasteiger partial charge in [-0.2, -0.15) is 0 Å². The van der Waals surface area contributed by atoms with Gasteiger partial charge in [0.25, 0.3) is 0 Å². The lowest BCUT2D eigenvalue weighted by Gasteiger charge is -2.29. The summed E-state index contributed by atoms with van der Waals surface area (Å²) in [5, 5.41) is 1.07. The molecule has 0 amide bonds. The molecule has 2 heterocycles. The quantitative estimate of drug-likeness (QED) is 0.686. The van der Waals surface area contributed by atoms with Crippen molar-refractivity contribution in [2.75, 3.05) is 31.2 Å². The molecule has 0 aliphatic carbocycles. The van der Waals surface area contributed by atoms with Crippen LogP contribution in [0.15, 0.2) is 53.0 Å². The second kappa shape index (κ2) is 6.26. The Balaban J connectivity index is 1.91. The van der Waals surface area contributed by atoms with Gasteiger partial charge in [0.05, 0.1) is 18.7 Å². The van der Waals surface area contributed by atoms with Gasteiger partial charge in [-0.1, -0.05) is 46.3 Å². The SMILES string of the molecule is Brc1ccc2nc(-c3ccccc3)nc(N3CCOCC3)c2c1. The highest BCUT2D eigenvalue weighted by molar-refractivity contribution is 9.10. The van der Waals surface area contributed by atoms with Gasteiger partial charge < -0.3 is 9.64 Å². The van der Waals surface area contributed by atoms with E-state index < -0.39 is 0 Å². The van der Waals surface area contributed by atoms with Gasteiger partial charge in [-0.05, 0) is 18.2 Å². The minimum Gasteiger partial charge on any atom is -0.378 e. The Morgan fingerprint density at radius 2 is 1.74 bits per heavy atom. The van der Waals surface area contributed by atoms with Gasteiger partial charge >= 0.3 is 0 Å². The first-order valence-corrected chi connectivity index (χ1v) is 8.46. The van der Waals surface area contributed by atoms with E-state index in [0.29, 0.717) is 0 Å². The molecule has 0 unspecified atom stereocenters. The first-order valence-electron chi connectivity index (χ1n) is 7.67. The zero-order valence-corrected chi connectivity index (χ0v) is 14.2. The van der Waals surface area contributed by atoms with Crippen LogP contribution in [0.2, 0.25) is 0 Å². The fraction of sp³-hybridized carbons (Fsp3) is 0.222. The molecule has 116 valence electrons. The highest BCUT2D eigenvalue weighted by atomic mass is 79.9. The van der Waals surface area contributed by atoms with E-state index in [1.54, 1.807) is 0 Å². The summed E-state index contributed by atoms with van der Waals surface area (Å²) in [6.45, 7) is 3.18. The van der Waals surface area contributed by atoms with Crippen LogP contribution in [0.1, 0.15) is 0 Å². The number of aromatic nitrogens is 2. The Morgan fingerprint density at radius 1 is 0.957 bits per heavy atom. The highest BCUT2D eigenvalue weighted by Crippen LogP contribution is 2.30. The second-order valence-corrected chi connectivity index (χ2v) is 6.41. The van der Waals surface area contributed by atoms with Crippen LogP contribution in [0.25, 0.3) is 22.3 Å². The lowest BCUT2D eigenvalue weighted by atomic mass is 10.1. The van der Waals surface area contributed by atoms with Crippen LogP contribution in [-0.2, 0) is 4.74 Å².